The van der Waals surface area contributed by atoms with Crippen molar-refractivity contribution in [3.63, 3.8) is 0 Å². The van der Waals surface area contributed by atoms with Crippen LogP contribution in [0, 0.1) is 0 Å². The normalized spacial score (nSPS) is 11.4. The van der Waals surface area contributed by atoms with E-state index in [1.807, 2.05) is 0 Å². The first-order valence-electron chi connectivity index (χ1n) is 5.56. The third-order valence-corrected chi connectivity index (χ3v) is 2.16. The van der Waals surface area contributed by atoms with Crippen LogP contribution in [0.1, 0.15) is 26.6 Å². The fourth-order valence-electron chi connectivity index (χ4n) is 1.23. The van der Waals surface area contributed by atoms with Crippen LogP contribution in [-0.2, 0) is 10.2 Å². The lowest BCUT2D eigenvalue weighted by Gasteiger charge is -2.18. The van der Waals surface area contributed by atoms with Crippen molar-refractivity contribution in [3.05, 3.63) is 11.9 Å². The number of methoxy groups -OCH3 is 1. The number of hydrogen-bond acceptors (Lipinski definition) is 6. The standard InChI is InChI=1S/C11H21N5O/c1-11(2,3)10-14-8(13-5-6-17-4)7-9(15-10)16-12/h7H,5-6,12H2,1-4H3,(H2,13,14,15,16). The second kappa shape index (κ2) is 5.79. The van der Waals surface area contributed by atoms with Crippen molar-refractivity contribution < 1.29 is 4.74 Å². The van der Waals surface area contributed by atoms with Gasteiger partial charge in [-0.2, -0.15) is 0 Å². The van der Waals surface area contributed by atoms with Crippen molar-refractivity contribution in [1.82, 2.24) is 9.97 Å². The summed E-state index contributed by atoms with van der Waals surface area (Å²) in [6.07, 6.45) is 0. The van der Waals surface area contributed by atoms with E-state index in [9.17, 15) is 0 Å². The number of rotatable bonds is 5. The smallest absolute Gasteiger partial charge is 0.145 e. The fourth-order valence-corrected chi connectivity index (χ4v) is 1.23. The molecule has 6 heteroatoms. The van der Waals surface area contributed by atoms with E-state index < -0.39 is 0 Å². The van der Waals surface area contributed by atoms with Gasteiger partial charge in [0.1, 0.15) is 17.5 Å². The zero-order valence-electron chi connectivity index (χ0n) is 10.9. The summed E-state index contributed by atoms with van der Waals surface area (Å²) >= 11 is 0. The number of hydrazine groups is 1. The van der Waals surface area contributed by atoms with Crippen LogP contribution in [0.3, 0.4) is 0 Å². The number of ether oxygens (including phenoxy) is 1. The largest absolute Gasteiger partial charge is 0.383 e. The Morgan fingerprint density at radius 1 is 1.29 bits per heavy atom. The van der Waals surface area contributed by atoms with Gasteiger partial charge in [0, 0.05) is 25.1 Å². The number of nitrogens with one attached hydrogen (secondary N) is 2. The van der Waals surface area contributed by atoms with E-state index in [1.165, 1.54) is 0 Å². The summed E-state index contributed by atoms with van der Waals surface area (Å²) in [5.74, 6) is 7.48. The van der Waals surface area contributed by atoms with Crippen LogP contribution in [0.4, 0.5) is 11.6 Å². The zero-order valence-corrected chi connectivity index (χ0v) is 10.9. The molecular formula is C11H21N5O. The van der Waals surface area contributed by atoms with Crippen LogP contribution < -0.4 is 16.6 Å². The highest BCUT2D eigenvalue weighted by Crippen LogP contribution is 2.21. The summed E-state index contributed by atoms with van der Waals surface area (Å²) < 4.78 is 4.97. The summed E-state index contributed by atoms with van der Waals surface area (Å²) in [4.78, 5) is 8.78. The van der Waals surface area contributed by atoms with Gasteiger partial charge in [-0.15, -0.1) is 0 Å². The van der Waals surface area contributed by atoms with Crippen LogP contribution in [0.2, 0.25) is 0 Å². The molecule has 1 aromatic rings. The lowest BCUT2D eigenvalue weighted by molar-refractivity contribution is 0.210. The van der Waals surface area contributed by atoms with Crippen LogP contribution in [0.25, 0.3) is 0 Å². The molecule has 0 bridgehead atoms. The Morgan fingerprint density at radius 3 is 2.47 bits per heavy atom. The van der Waals surface area contributed by atoms with Crippen molar-refractivity contribution in [2.75, 3.05) is 31.0 Å². The molecule has 17 heavy (non-hydrogen) atoms. The van der Waals surface area contributed by atoms with Crippen molar-refractivity contribution in [3.8, 4) is 0 Å². The summed E-state index contributed by atoms with van der Waals surface area (Å²) in [5, 5.41) is 3.16. The second-order valence-corrected chi connectivity index (χ2v) is 4.78. The third-order valence-electron chi connectivity index (χ3n) is 2.16. The summed E-state index contributed by atoms with van der Waals surface area (Å²) in [5.41, 5.74) is 2.43. The van der Waals surface area contributed by atoms with Gasteiger partial charge >= 0.3 is 0 Å². The molecule has 1 rings (SSSR count). The lowest BCUT2D eigenvalue weighted by Crippen LogP contribution is -2.20. The second-order valence-electron chi connectivity index (χ2n) is 4.78. The first-order chi connectivity index (χ1) is 7.97. The van der Waals surface area contributed by atoms with E-state index in [1.54, 1.807) is 13.2 Å². The molecule has 6 nitrogen and oxygen atoms in total. The molecule has 4 N–H and O–H groups in total. The summed E-state index contributed by atoms with van der Waals surface area (Å²) in [7, 11) is 1.66. The number of hydrogen-bond donors (Lipinski definition) is 3. The Hall–Kier alpha value is -1.40. The van der Waals surface area contributed by atoms with Crippen LogP contribution in [0.15, 0.2) is 6.07 Å². The van der Waals surface area contributed by atoms with E-state index in [4.69, 9.17) is 10.6 Å². The van der Waals surface area contributed by atoms with Crippen molar-refractivity contribution in [2.45, 2.75) is 26.2 Å². The molecule has 96 valence electrons. The highest BCUT2D eigenvalue weighted by molar-refractivity contribution is 5.47. The number of nitrogen functional groups attached to an aromatic ring is 1. The number of nitrogens with zero attached hydrogens (tertiary/aromatic N) is 2. The molecule has 0 amide bonds. The van der Waals surface area contributed by atoms with E-state index in [-0.39, 0.29) is 5.41 Å². The first-order valence-corrected chi connectivity index (χ1v) is 5.56. The summed E-state index contributed by atoms with van der Waals surface area (Å²) in [6.45, 7) is 7.49. The monoisotopic (exact) mass is 239 g/mol. The quantitative estimate of drug-likeness (QED) is 0.405. The molecule has 0 aliphatic heterocycles. The minimum absolute atomic E-state index is 0.120. The Bertz CT molecular complexity index is 361. The Balaban J connectivity index is 2.89. The van der Waals surface area contributed by atoms with Crippen LogP contribution >= 0.6 is 0 Å². The predicted octanol–water partition coefficient (Wildman–Crippen LogP) is 1.12. The van der Waals surface area contributed by atoms with Crippen molar-refractivity contribution in [2.24, 2.45) is 5.84 Å². The van der Waals surface area contributed by atoms with E-state index in [0.717, 1.165) is 11.6 Å². The van der Waals surface area contributed by atoms with Gasteiger partial charge in [0.05, 0.1) is 6.61 Å². The zero-order chi connectivity index (χ0) is 12.9. The number of anilines is 2. The van der Waals surface area contributed by atoms with Crippen molar-refractivity contribution >= 4 is 11.6 Å². The van der Waals surface area contributed by atoms with Gasteiger partial charge in [0.15, 0.2) is 0 Å². The molecule has 0 saturated heterocycles. The molecule has 0 aromatic carbocycles. The summed E-state index contributed by atoms with van der Waals surface area (Å²) in [6, 6.07) is 1.77. The maximum Gasteiger partial charge on any atom is 0.145 e. The minimum Gasteiger partial charge on any atom is -0.383 e. The Labute approximate surface area is 102 Å². The molecule has 0 aliphatic rings. The Morgan fingerprint density at radius 2 is 1.94 bits per heavy atom. The van der Waals surface area contributed by atoms with E-state index in [0.29, 0.717) is 19.0 Å². The predicted molar refractivity (Wildman–Crippen MR) is 68.9 cm³/mol. The van der Waals surface area contributed by atoms with E-state index in [2.05, 4.69) is 41.5 Å². The van der Waals surface area contributed by atoms with Gasteiger partial charge in [-0.3, -0.25) is 0 Å². The molecule has 0 fully saturated rings. The number of nitrogens with two attached hydrogens (primary N) is 1. The molecule has 0 radical (unpaired) electrons. The lowest BCUT2D eigenvalue weighted by atomic mass is 9.96. The van der Waals surface area contributed by atoms with Gasteiger partial charge in [0.25, 0.3) is 0 Å². The average molecular weight is 239 g/mol. The van der Waals surface area contributed by atoms with E-state index >= 15 is 0 Å². The maximum atomic E-state index is 5.39. The third kappa shape index (κ3) is 4.16. The van der Waals surface area contributed by atoms with Gasteiger partial charge in [-0.05, 0) is 0 Å². The molecule has 0 spiro atoms. The maximum absolute atomic E-state index is 5.39. The molecule has 1 heterocycles. The van der Waals surface area contributed by atoms with Gasteiger partial charge in [0.2, 0.25) is 0 Å². The van der Waals surface area contributed by atoms with Gasteiger partial charge in [-0.1, -0.05) is 20.8 Å². The highest BCUT2D eigenvalue weighted by atomic mass is 16.5. The molecule has 0 unspecified atom stereocenters. The van der Waals surface area contributed by atoms with Crippen molar-refractivity contribution in [1.29, 1.82) is 0 Å². The van der Waals surface area contributed by atoms with Crippen LogP contribution in [0.5, 0.6) is 0 Å². The average Bonchev–Trinajstić information content (AvgIpc) is 2.28. The SMILES string of the molecule is COCCNc1cc(NN)nc(C(C)(C)C)n1. The topological polar surface area (TPSA) is 85.1 Å². The van der Waals surface area contributed by atoms with Gasteiger partial charge < -0.3 is 15.5 Å². The first kappa shape index (κ1) is 13.7. The highest BCUT2D eigenvalue weighted by Gasteiger charge is 2.18. The molecular weight excluding hydrogens is 218 g/mol. The molecule has 0 saturated carbocycles. The molecule has 0 aliphatic carbocycles. The van der Waals surface area contributed by atoms with Crippen LogP contribution in [-0.4, -0.2) is 30.2 Å². The fraction of sp³-hybridized carbons (Fsp3) is 0.636. The van der Waals surface area contributed by atoms with Gasteiger partial charge in [-0.25, -0.2) is 15.8 Å². The number of aromatic nitrogens is 2. The molecule has 0 atom stereocenters. The minimum atomic E-state index is -0.120. The Kier molecular flexibility index (Phi) is 4.65. The molecule has 1 aromatic heterocycles.